The van der Waals surface area contributed by atoms with E-state index in [0.717, 1.165) is 48.8 Å². The van der Waals surface area contributed by atoms with Gasteiger partial charge in [-0.3, -0.25) is 9.98 Å². The second-order valence-corrected chi connectivity index (χ2v) is 7.73. The second-order valence-electron chi connectivity index (χ2n) is 7.73. The minimum absolute atomic E-state index is 0. The van der Waals surface area contributed by atoms with Crippen molar-refractivity contribution in [2.45, 2.75) is 25.4 Å². The predicted molar refractivity (Wildman–Crippen MR) is 140 cm³/mol. The zero-order valence-corrected chi connectivity index (χ0v) is 20.5. The molecular formula is C25H29FIN5. The van der Waals surface area contributed by atoms with Crippen molar-refractivity contribution in [1.82, 2.24) is 15.6 Å². The zero-order valence-electron chi connectivity index (χ0n) is 18.2. The first-order valence-electron chi connectivity index (χ1n) is 10.7. The quantitative estimate of drug-likeness (QED) is 0.274. The van der Waals surface area contributed by atoms with Crippen LogP contribution in [0.5, 0.6) is 0 Å². The SMILES string of the molecule is CN=C(NCc1cccc(-c2ccccn2)c1)NC1CCN(c2cccc(F)c2)CC1.I. The lowest BCUT2D eigenvalue weighted by Crippen LogP contribution is -2.48. The van der Waals surface area contributed by atoms with Crippen LogP contribution in [-0.2, 0) is 6.54 Å². The summed E-state index contributed by atoms with van der Waals surface area (Å²) in [6, 6.07) is 21.5. The van der Waals surface area contributed by atoms with Crippen LogP contribution in [0.3, 0.4) is 0 Å². The summed E-state index contributed by atoms with van der Waals surface area (Å²) < 4.78 is 13.5. The molecule has 0 spiro atoms. The van der Waals surface area contributed by atoms with Crippen molar-refractivity contribution < 1.29 is 4.39 Å². The van der Waals surface area contributed by atoms with E-state index in [4.69, 9.17) is 0 Å². The molecule has 2 heterocycles. The summed E-state index contributed by atoms with van der Waals surface area (Å²) >= 11 is 0. The molecule has 0 radical (unpaired) electrons. The standard InChI is InChI=1S/C25H28FN5.HI/c1-27-25(29-18-19-6-4-7-20(16-19)24-10-2-3-13-28-24)30-22-11-14-31(15-12-22)23-9-5-8-21(26)17-23;/h2-10,13,16-17,22H,11-12,14-15,18H2,1H3,(H2,27,29,30);1H. The molecule has 168 valence electrons. The van der Waals surface area contributed by atoms with E-state index < -0.39 is 0 Å². The maximum Gasteiger partial charge on any atom is 0.191 e. The normalized spacial score (nSPS) is 14.6. The van der Waals surface area contributed by atoms with E-state index in [1.807, 2.05) is 30.5 Å². The fourth-order valence-corrected chi connectivity index (χ4v) is 3.90. The highest BCUT2D eigenvalue weighted by molar-refractivity contribution is 14.0. The highest BCUT2D eigenvalue weighted by Crippen LogP contribution is 2.21. The fourth-order valence-electron chi connectivity index (χ4n) is 3.90. The molecule has 0 bridgehead atoms. The molecule has 0 amide bonds. The fraction of sp³-hybridized carbons (Fsp3) is 0.280. The summed E-state index contributed by atoms with van der Waals surface area (Å²) in [5.74, 6) is 0.613. The number of pyridine rings is 1. The third kappa shape index (κ3) is 6.41. The Morgan fingerprint density at radius 3 is 2.59 bits per heavy atom. The third-order valence-electron chi connectivity index (χ3n) is 5.58. The number of benzene rings is 2. The number of anilines is 1. The van der Waals surface area contributed by atoms with Gasteiger partial charge in [0.1, 0.15) is 5.82 Å². The smallest absolute Gasteiger partial charge is 0.191 e. The van der Waals surface area contributed by atoms with Crippen LogP contribution in [-0.4, -0.2) is 37.1 Å². The molecule has 1 aliphatic heterocycles. The van der Waals surface area contributed by atoms with Crippen LogP contribution in [0.15, 0.2) is 77.9 Å². The van der Waals surface area contributed by atoms with Gasteiger partial charge in [0.15, 0.2) is 5.96 Å². The molecule has 0 saturated carbocycles. The second kappa shape index (κ2) is 11.8. The van der Waals surface area contributed by atoms with Gasteiger partial charge in [0.2, 0.25) is 0 Å². The molecule has 3 aromatic rings. The Hall–Kier alpha value is -2.68. The molecule has 0 unspecified atom stereocenters. The van der Waals surface area contributed by atoms with E-state index >= 15 is 0 Å². The van der Waals surface area contributed by atoms with Gasteiger partial charge in [-0.05, 0) is 54.8 Å². The van der Waals surface area contributed by atoms with Crippen LogP contribution in [0.25, 0.3) is 11.3 Å². The molecular weight excluding hydrogens is 516 g/mol. The van der Waals surface area contributed by atoms with Gasteiger partial charge in [-0.15, -0.1) is 24.0 Å². The van der Waals surface area contributed by atoms with Crippen LogP contribution < -0.4 is 15.5 Å². The molecule has 1 fully saturated rings. The number of halogens is 2. The van der Waals surface area contributed by atoms with E-state index in [0.29, 0.717) is 12.6 Å². The number of hydrogen-bond donors (Lipinski definition) is 2. The predicted octanol–water partition coefficient (Wildman–Crippen LogP) is 4.84. The molecule has 1 aliphatic rings. The first-order chi connectivity index (χ1) is 15.2. The van der Waals surface area contributed by atoms with E-state index in [9.17, 15) is 4.39 Å². The Balaban J connectivity index is 0.00000289. The van der Waals surface area contributed by atoms with Gasteiger partial charge in [0.05, 0.1) is 5.69 Å². The van der Waals surface area contributed by atoms with E-state index in [1.54, 1.807) is 19.2 Å². The van der Waals surface area contributed by atoms with Crippen molar-refractivity contribution in [2.75, 3.05) is 25.0 Å². The average Bonchev–Trinajstić information content (AvgIpc) is 2.83. The van der Waals surface area contributed by atoms with Gasteiger partial charge in [-0.1, -0.05) is 30.3 Å². The minimum Gasteiger partial charge on any atom is -0.371 e. The van der Waals surface area contributed by atoms with Gasteiger partial charge in [0, 0.05) is 50.2 Å². The third-order valence-corrected chi connectivity index (χ3v) is 5.58. The molecule has 2 aromatic carbocycles. The number of nitrogens with one attached hydrogen (secondary N) is 2. The monoisotopic (exact) mass is 545 g/mol. The van der Waals surface area contributed by atoms with Crippen molar-refractivity contribution in [3.8, 4) is 11.3 Å². The largest absolute Gasteiger partial charge is 0.371 e. The van der Waals surface area contributed by atoms with Gasteiger partial charge in [0.25, 0.3) is 0 Å². The van der Waals surface area contributed by atoms with Gasteiger partial charge in [-0.25, -0.2) is 4.39 Å². The molecule has 0 aliphatic carbocycles. The van der Waals surface area contributed by atoms with Crippen molar-refractivity contribution >= 4 is 35.6 Å². The number of rotatable bonds is 5. The Morgan fingerprint density at radius 2 is 1.88 bits per heavy atom. The lowest BCUT2D eigenvalue weighted by atomic mass is 10.0. The van der Waals surface area contributed by atoms with Gasteiger partial charge in [-0.2, -0.15) is 0 Å². The Bertz CT molecular complexity index is 1020. The lowest BCUT2D eigenvalue weighted by Gasteiger charge is -2.34. The van der Waals surface area contributed by atoms with Crippen molar-refractivity contribution in [3.63, 3.8) is 0 Å². The first-order valence-corrected chi connectivity index (χ1v) is 10.7. The summed E-state index contributed by atoms with van der Waals surface area (Å²) in [5.41, 5.74) is 4.20. The maximum atomic E-state index is 13.5. The summed E-state index contributed by atoms with van der Waals surface area (Å²) in [6.07, 6.45) is 3.77. The zero-order chi connectivity index (χ0) is 21.5. The Labute approximate surface area is 206 Å². The molecule has 7 heteroatoms. The minimum atomic E-state index is -0.186. The number of hydrogen-bond acceptors (Lipinski definition) is 3. The Kier molecular flexibility index (Phi) is 8.84. The number of piperidine rings is 1. The maximum absolute atomic E-state index is 13.5. The first kappa shape index (κ1) is 24.0. The molecule has 1 saturated heterocycles. The van der Waals surface area contributed by atoms with Crippen LogP contribution in [0.2, 0.25) is 0 Å². The average molecular weight is 545 g/mol. The number of aliphatic imine (C=N–C) groups is 1. The van der Waals surface area contributed by atoms with E-state index in [2.05, 4.69) is 49.8 Å². The van der Waals surface area contributed by atoms with Crippen LogP contribution in [0, 0.1) is 5.82 Å². The molecule has 4 rings (SSSR count). The highest BCUT2D eigenvalue weighted by Gasteiger charge is 2.20. The van der Waals surface area contributed by atoms with Crippen LogP contribution in [0.1, 0.15) is 18.4 Å². The molecule has 2 N–H and O–H groups in total. The molecule has 5 nitrogen and oxygen atoms in total. The molecule has 0 atom stereocenters. The van der Waals surface area contributed by atoms with Gasteiger partial charge < -0.3 is 15.5 Å². The van der Waals surface area contributed by atoms with E-state index in [-0.39, 0.29) is 29.8 Å². The number of aromatic nitrogens is 1. The van der Waals surface area contributed by atoms with Crippen LogP contribution >= 0.6 is 24.0 Å². The summed E-state index contributed by atoms with van der Waals surface area (Å²) in [4.78, 5) is 11.1. The van der Waals surface area contributed by atoms with E-state index in [1.165, 1.54) is 11.6 Å². The Morgan fingerprint density at radius 1 is 1.06 bits per heavy atom. The summed E-state index contributed by atoms with van der Waals surface area (Å²) in [6.45, 7) is 2.47. The van der Waals surface area contributed by atoms with Crippen molar-refractivity contribution in [1.29, 1.82) is 0 Å². The molecule has 1 aromatic heterocycles. The highest BCUT2D eigenvalue weighted by atomic mass is 127. The lowest BCUT2D eigenvalue weighted by molar-refractivity contribution is 0.461. The van der Waals surface area contributed by atoms with Crippen LogP contribution in [0.4, 0.5) is 10.1 Å². The number of guanidine groups is 1. The number of nitrogens with zero attached hydrogens (tertiary/aromatic N) is 3. The van der Waals surface area contributed by atoms with Gasteiger partial charge >= 0.3 is 0 Å². The van der Waals surface area contributed by atoms with Crippen molar-refractivity contribution in [3.05, 3.63) is 84.3 Å². The summed E-state index contributed by atoms with van der Waals surface area (Å²) in [7, 11) is 1.79. The summed E-state index contributed by atoms with van der Waals surface area (Å²) in [5, 5.41) is 6.95. The topological polar surface area (TPSA) is 52.6 Å². The van der Waals surface area contributed by atoms with Crippen molar-refractivity contribution in [2.24, 2.45) is 4.99 Å². The molecule has 32 heavy (non-hydrogen) atoms.